The van der Waals surface area contributed by atoms with Crippen LogP contribution in [0.15, 0.2) is 64.9 Å². The van der Waals surface area contributed by atoms with Gasteiger partial charge in [0.05, 0.1) is 22.4 Å². The third-order valence-corrected chi connectivity index (χ3v) is 5.78. The summed E-state index contributed by atoms with van der Waals surface area (Å²) in [7, 11) is 3.36. The van der Waals surface area contributed by atoms with Gasteiger partial charge in [-0.3, -0.25) is 14.0 Å². The molecule has 1 amide bonds. The van der Waals surface area contributed by atoms with Crippen LogP contribution in [-0.2, 0) is 4.74 Å². The van der Waals surface area contributed by atoms with E-state index in [1.807, 2.05) is 47.8 Å². The summed E-state index contributed by atoms with van der Waals surface area (Å²) in [5.41, 5.74) is 2.35. The normalized spacial score (nSPS) is 11.2. The van der Waals surface area contributed by atoms with Crippen LogP contribution in [0.25, 0.3) is 26.7 Å². The van der Waals surface area contributed by atoms with Crippen molar-refractivity contribution in [3.8, 4) is 11.1 Å². The Hall–Kier alpha value is -2.96. The Morgan fingerprint density at radius 1 is 1.18 bits per heavy atom. The zero-order valence-electron chi connectivity index (χ0n) is 15.7. The summed E-state index contributed by atoms with van der Waals surface area (Å²) in [6.07, 6.45) is 1.76. The average molecular weight is 392 g/mol. The second-order valence-corrected chi connectivity index (χ2v) is 7.52. The van der Waals surface area contributed by atoms with E-state index in [1.54, 1.807) is 35.7 Å². The second kappa shape index (κ2) is 7.58. The highest BCUT2D eigenvalue weighted by molar-refractivity contribution is 7.18. The molecule has 0 spiro atoms. The lowest BCUT2D eigenvalue weighted by atomic mass is 10.0. The van der Waals surface area contributed by atoms with Crippen LogP contribution in [0, 0.1) is 0 Å². The fraction of sp³-hybridized carbons (Fsp3) is 0.182. The summed E-state index contributed by atoms with van der Waals surface area (Å²) in [4.78, 5) is 28.1. The van der Waals surface area contributed by atoms with Crippen LogP contribution in [-0.4, -0.2) is 42.5 Å². The number of carbonyl (C=O) groups excluding carboxylic acids is 1. The zero-order valence-corrected chi connectivity index (χ0v) is 16.5. The molecule has 4 aromatic rings. The number of thiophene rings is 1. The highest BCUT2D eigenvalue weighted by Gasteiger charge is 2.21. The van der Waals surface area contributed by atoms with E-state index >= 15 is 0 Å². The molecular formula is C22H20N2O3S. The van der Waals surface area contributed by atoms with Gasteiger partial charge in [0, 0.05) is 32.5 Å². The van der Waals surface area contributed by atoms with Gasteiger partial charge in [-0.2, -0.15) is 0 Å². The number of hydrogen-bond acceptors (Lipinski definition) is 4. The molecule has 4 rings (SSSR count). The predicted octanol–water partition coefficient (Wildman–Crippen LogP) is 3.90. The van der Waals surface area contributed by atoms with Crippen molar-refractivity contribution < 1.29 is 9.53 Å². The molecule has 0 radical (unpaired) electrons. The fourth-order valence-electron chi connectivity index (χ4n) is 3.33. The Balaban J connectivity index is 2.02. The predicted molar refractivity (Wildman–Crippen MR) is 113 cm³/mol. The molecule has 3 heterocycles. The Kier molecular flexibility index (Phi) is 4.98. The van der Waals surface area contributed by atoms with Crippen molar-refractivity contribution in [2.75, 3.05) is 27.3 Å². The number of rotatable bonds is 5. The lowest BCUT2D eigenvalue weighted by Gasteiger charge is -2.19. The standard InChI is InChI=1S/C22H20N2O3S/c1-23(11-12-27-2)21(25)18-14-17(15-6-4-3-5-7-15)22(26)24-10-8-16-9-13-28-20(16)19(18)24/h3-10,13-14H,11-12H2,1-2H3. The summed E-state index contributed by atoms with van der Waals surface area (Å²) in [5, 5.41) is 2.99. The molecule has 0 aliphatic rings. The molecule has 0 N–H and O–H groups in total. The lowest BCUT2D eigenvalue weighted by Crippen LogP contribution is -2.31. The lowest BCUT2D eigenvalue weighted by molar-refractivity contribution is 0.0746. The first-order chi connectivity index (χ1) is 13.6. The van der Waals surface area contributed by atoms with Crippen LogP contribution < -0.4 is 5.56 Å². The average Bonchev–Trinajstić information content (AvgIpc) is 3.21. The molecule has 1 aromatic carbocycles. The second-order valence-electron chi connectivity index (χ2n) is 6.60. The van der Waals surface area contributed by atoms with Crippen LogP contribution in [0.5, 0.6) is 0 Å². The van der Waals surface area contributed by atoms with Crippen LogP contribution >= 0.6 is 11.3 Å². The molecule has 0 saturated heterocycles. The molecule has 3 aromatic heterocycles. The first kappa shape index (κ1) is 18.4. The van der Waals surface area contributed by atoms with Crippen molar-refractivity contribution in [2.45, 2.75) is 0 Å². The van der Waals surface area contributed by atoms with E-state index in [-0.39, 0.29) is 11.5 Å². The topological polar surface area (TPSA) is 51.0 Å². The van der Waals surface area contributed by atoms with Crippen LogP contribution in [0.2, 0.25) is 0 Å². The Morgan fingerprint density at radius 2 is 1.96 bits per heavy atom. The third-order valence-electron chi connectivity index (χ3n) is 4.84. The van der Waals surface area contributed by atoms with E-state index in [0.717, 1.165) is 15.6 Å². The molecule has 142 valence electrons. The number of carbonyl (C=O) groups is 1. The molecule has 0 aliphatic carbocycles. The minimum absolute atomic E-state index is 0.132. The molecule has 28 heavy (non-hydrogen) atoms. The molecule has 0 fully saturated rings. The van der Waals surface area contributed by atoms with Crippen molar-refractivity contribution in [2.24, 2.45) is 0 Å². The van der Waals surface area contributed by atoms with Gasteiger partial charge in [0.1, 0.15) is 0 Å². The maximum absolute atomic E-state index is 13.3. The van der Waals surface area contributed by atoms with Gasteiger partial charge in [-0.05, 0) is 34.5 Å². The van der Waals surface area contributed by atoms with Crippen molar-refractivity contribution in [1.82, 2.24) is 9.30 Å². The number of methoxy groups -OCH3 is 1. The Morgan fingerprint density at radius 3 is 2.71 bits per heavy atom. The van der Waals surface area contributed by atoms with Gasteiger partial charge < -0.3 is 9.64 Å². The van der Waals surface area contributed by atoms with Gasteiger partial charge in [0.2, 0.25) is 0 Å². The summed E-state index contributed by atoms with van der Waals surface area (Å²) in [6, 6.07) is 15.1. The van der Waals surface area contributed by atoms with Crippen LogP contribution in [0.1, 0.15) is 10.4 Å². The van der Waals surface area contributed by atoms with Crippen molar-refractivity contribution in [1.29, 1.82) is 0 Å². The molecule has 5 nitrogen and oxygen atoms in total. The summed E-state index contributed by atoms with van der Waals surface area (Å²) in [6.45, 7) is 0.925. The fourth-order valence-corrected chi connectivity index (χ4v) is 4.27. The van der Waals surface area contributed by atoms with Gasteiger partial charge in [0.15, 0.2) is 0 Å². The van der Waals surface area contributed by atoms with E-state index < -0.39 is 0 Å². The monoisotopic (exact) mass is 392 g/mol. The number of likely N-dealkylation sites (N-methyl/N-ethyl adjacent to an activating group) is 1. The minimum atomic E-state index is -0.132. The molecule has 0 bridgehead atoms. The number of aromatic nitrogens is 1. The van der Waals surface area contributed by atoms with Crippen molar-refractivity contribution in [3.63, 3.8) is 0 Å². The number of hydrogen-bond donors (Lipinski definition) is 0. The number of fused-ring (bicyclic) bond motifs is 3. The number of ether oxygens (including phenoxy) is 1. The number of pyridine rings is 2. The molecule has 0 unspecified atom stereocenters. The molecule has 0 saturated carbocycles. The number of benzene rings is 1. The third kappa shape index (κ3) is 3.10. The quantitative estimate of drug-likeness (QED) is 0.518. The first-order valence-corrected chi connectivity index (χ1v) is 9.85. The SMILES string of the molecule is COCCN(C)C(=O)c1cc(-c2ccccc2)c(=O)n2ccc3ccsc3c12. The van der Waals surface area contributed by atoms with Crippen LogP contribution in [0.3, 0.4) is 0 Å². The maximum Gasteiger partial charge on any atom is 0.263 e. The number of nitrogens with zero attached hydrogens (tertiary/aromatic N) is 2. The van der Waals surface area contributed by atoms with E-state index in [1.165, 1.54) is 11.3 Å². The highest BCUT2D eigenvalue weighted by atomic mass is 32.1. The van der Waals surface area contributed by atoms with Gasteiger partial charge in [-0.25, -0.2) is 0 Å². The largest absolute Gasteiger partial charge is 0.383 e. The van der Waals surface area contributed by atoms with Gasteiger partial charge >= 0.3 is 0 Å². The summed E-state index contributed by atoms with van der Waals surface area (Å²) in [5.74, 6) is -0.132. The first-order valence-electron chi connectivity index (χ1n) is 8.97. The van der Waals surface area contributed by atoms with E-state index in [9.17, 15) is 9.59 Å². The van der Waals surface area contributed by atoms with E-state index in [0.29, 0.717) is 29.8 Å². The molecule has 0 atom stereocenters. The van der Waals surface area contributed by atoms with Crippen LogP contribution in [0.4, 0.5) is 0 Å². The maximum atomic E-state index is 13.3. The van der Waals surface area contributed by atoms with E-state index in [2.05, 4.69) is 0 Å². The highest BCUT2D eigenvalue weighted by Crippen LogP contribution is 2.29. The zero-order chi connectivity index (χ0) is 19.7. The van der Waals surface area contributed by atoms with Crippen molar-refractivity contribution in [3.05, 3.63) is 76.0 Å². The van der Waals surface area contributed by atoms with Gasteiger partial charge in [-0.15, -0.1) is 11.3 Å². The van der Waals surface area contributed by atoms with Gasteiger partial charge in [0.25, 0.3) is 11.5 Å². The minimum Gasteiger partial charge on any atom is -0.383 e. The molecule has 0 aliphatic heterocycles. The van der Waals surface area contributed by atoms with Crippen molar-refractivity contribution >= 4 is 32.8 Å². The van der Waals surface area contributed by atoms with Gasteiger partial charge in [-0.1, -0.05) is 30.3 Å². The smallest absolute Gasteiger partial charge is 0.263 e. The van der Waals surface area contributed by atoms with E-state index in [4.69, 9.17) is 4.74 Å². The summed E-state index contributed by atoms with van der Waals surface area (Å²) < 4.78 is 7.64. The molecule has 6 heteroatoms. The summed E-state index contributed by atoms with van der Waals surface area (Å²) >= 11 is 1.53. The number of amides is 1. The Bertz CT molecular complexity index is 1210. The Labute approximate surface area is 166 Å². The molecular weight excluding hydrogens is 372 g/mol.